The van der Waals surface area contributed by atoms with Crippen molar-refractivity contribution >= 4 is 15.9 Å². The minimum Gasteiger partial charge on any atom is -0.370 e. The average Bonchev–Trinajstić information content (AvgIpc) is 3.01. The lowest BCUT2D eigenvalue weighted by atomic mass is 9.97. The van der Waals surface area contributed by atoms with Gasteiger partial charge in [0, 0.05) is 18.4 Å². The number of rotatable bonds is 3. The Kier molecular flexibility index (Phi) is 4.32. The van der Waals surface area contributed by atoms with E-state index in [0.717, 1.165) is 5.92 Å². The number of likely N-dealkylation sites (tertiary alicyclic amines) is 1. The molecule has 18 heavy (non-hydrogen) atoms. The SMILES string of the molecule is BrCC1CCCN(CC2CCC3(CCCC3)O2)C1. The van der Waals surface area contributed by atoms with Gasteiger partial charge in [0.2, 0.25) is 0 Å². The molecule has 1 spiro atoms. The fourth-order valence-electron chi connectivity index (χ4n) is 4.14. The number of nitrogens with zero attached hydrogens (tertiary/aromatic N) is 1. The van der Waals surface area contributed by atoms with Gasteiger partial charge < -0.3 is 9.64 Å². The third-order valence-corrected chi connectivity index (χ3v) is 6.05. The molecule has 2 unspecified atom stereocenters. The van der Waals surface area contributed by atoms with Crippen molar-refractivity contribution in [2.24, 2.45) is 5.92 Å². The Labute approximate surface area is 120 Å². The standard InChI is InChI=1S/C15H26BrNO/c16-10-13-4-3-9-17(11-13)12-14-5-8-15(18-14)6-1-2-7-15/h13-14H,1-12H2. The van der Waals surface area contributed by atoms with E-state index in [2.05, 4.69) is 20.8 Å². The number of piperidine rings is 1. The predicted molar refractivity (Wildman–Crippen MR) is 78.3 cm³/mol. The molecule has 3 fully saturated rings. The van der Waals surface area contributed by atoms with Gasteiger partial charge >= 0.3 is 0 Å². The lowest BCUT2D eigenvalue weighted by molar-refractivity contribution is -0.0501. The van der Waals surface area contributed by atoms with Crippen LogP contribution in [0.3, 0.4) is 0 Å². The molecule has 3 aliphatic rings. The zero-order chi connectivity index (χ0) is 12.4. The number of halogens is 1. The summed E-state index contributed by atoms with van der Waals surface area (Å²) in [6.45, 7) is 3.75. The van der Waals surface area contributed by atoms with Gasteiger partial charge in [-0.05, 0) is 51.0 Å². The van der Waals surface area contributed by atoms with Gasteiger partial charge in [-0.25, -0.2) is 0 Å². The molecule has 2 aliphatic heterocycles. The molecule has 3 rings (SSSR count). The minimum atomic E-state index is 0.315. The molecule has 0 aromatic carbocycles. The van der Waals surface area contributed by atoms with Crippen molar-refractivity contribution in [3.63, 3.8) is 0 Å². The maximum Gasteiger partial charge on any atom is 0.0710 e. The van der Waals surface area contributed by atoms with Gasteiger partial charge in [0.15, 0.2) is 0 Å². The van der Waals surface area contributed by atoms with E-state index >= 15 is 0 Å². The summed E-state index contributed by atoms with van der Waals surface area (Å²) >= 11 is 3.64. The smallest absolute Gasteiger partial charge is 0.0710 e. The van der Waals surface area contributed by atoms with Crippen LogP contribution >= 0.6 is 15.9 Å². The van der Waals surface area contributed by atoms with Gasteiger partial charge in [0.25, 0.3) is 0 Å². The topological polar surface area (TPSA) is 12.5 Å². The number of ether oxygens (including phenoxy) is 1. The van der Waals surface area contributed by atoms with Crippen molar-refractivity contribution in [3.05, 3.63) is 0 Å². The van der Waals surface area contributed by atoms with Crippen LogP contribution in [-0.4, -0.2) is 41.6 Å². The summed E-state index contributed by atoms with van der Waals surface area (Å²) in [4.78, 5) is 2.65. The van der Waals surface area contributed by atoms with Crippen molar-refractivity contribution < 1.29 is 4.74 Å². The molecule has 1 aliphatic carbocycles. The molecule has 1 saturated carbocycles. The Morgan fingerprint density at radius 3 is 2.72 bits per heavy atom. The van der Waals surface area contributed by atoms with E-state index < -0.39 is 0 Å². The van der Waals surface area contributed by atoms with Crippen LogP contribution in [0.25, 0.3) is 0 Å². The Balaban J connectivity index is 1.48. The highest BCUT2D eigenvalue weighted by atomic mass is 79.9. The van der Waals surface area contributed by atoms with E-state index in [-0.39, 0.29) is 0 Å². The third kappa shape index (κ3) is 2.94. The van der Waals surface area contributed by atoms with Crippen molar-refractivity contribution in [1.82, 2.24) is 4.90 Å². The van der Waals surface area contributed by atoms with Crippen LogP contribution in [-0.2, 0) is 4.74 Å². The van der Waals surface area contributed by atoms with E-state index in [4.69, 9.17) is 4.74 Å². The molecule has 2 atom stereocenters. The van der Waals surface area contributed by atoms with Crippen molar-refractivity contribution in [3.8, 4) is 0 Å². The lowest BCUT2D eigenvalue weighted by Crippen LogP contribution is -2.41. The molecular weight excluding hydrogens is 290 g/mol. The molecule has 0 amide bonds. The molecule has 2 nitrogen and oxygen atoms in total. The van der Waals surface area contributed by atoms with Gasteiger partial charge in [-0.15, -0.1) is 0 Å². The molecule has 0 N–H and O–H groups in total. The Bertz CT molecular complexity index is 278. The van der Waals surface area contributed by atoms with E-state index in [1.165, 1.54) is 76.3 Å². The second-order valence-corrected chi connectivity index (χ2v) is 7.24. The van der Waals surface area contributed by atoms with E-state index in [1.54, 1.807) is 0 Å². The van der Waals surface area contributed by atoms with Crippen molar-refractivity contribution in [2.75, 3.05) is 25.0 Å². The Morgan fingerprint density at radius 2 is 1.94 bits per heavy atom. The second kappa shape index (κ2) is 5.80. The van der Waals surface area contributed by atoms with Gasteiger partial charge in [-0.1, -0.05) is 28.8 Å². The van der Waals surface area contributed by atoms with Crippen LogP contribution < -0.4 is 0 Å². The van der Waals surface area contributed by atoms with Crippen LogP contribution in [0.1, 0.15) is 51.4 Å². The maximum atomic E-state index is 6.43. The summed E-state index contributed by atoms with van der Waals surface area (Å²) in [6, 6.07) is 0. The van der Waals surface area contributed by atoms with Crippen LogP contribution in [0.5, 0.6) is 0 Å². The van der Waals surface area contributed by atoms with E-state index in [0.29, 0.717) is 11.7 Å². The van der Waals surface area contributed by atoms with Gasteiger partial charge in [-0.2, -0.15) is 0 Å². The van der Waals surface area contributed by atoms with Gasteiger partial charge in [0.05, 0.1) is 11.7 Å². The first kappa shape index (κ1) is 13.4. The van der Waals surface area contributed by atoms with E-state index in [9.17, 15) is 0 Å². The van der Waals surface area contributed by atoms with Crippen LogP contribution in [0.4, 0.5) is 0 Å². The van der Waals surface area contributed by atoms with Crippen molar-refractivity contribution in [1.29, 1.82) is 0 Å². The summed E-state index contributed by atoms with van der Waals surface area (Å²) in [6.07, 6.45) is 11.4. The fraction of sp³-hybridized carbons (Fsp3) is 1.00. The average molecular weight is 316 g/mol. The summed E-state index contributed by atoms with van der Waals surface area (Å²) in [5, 5.41) is 1.17. The molecular formula is C15H26BrNO. The predicted octanol–water partition coefficient (Wildman–Crippen LogP) is 3.59. The molecule has 3 heteroatoms. The molecule has 0 aromatic heterocycles. The van der Waals surface area contributed by atoms with Crippen LogP contribution in [0.2, 0.25) is 0 Å². The highest BCUT2D eigenvalue weighted by Crippen LogP contribution is 2.43. The Hall–Kier alpha value is 0.400. The third-order valence-electron chi connectivity index (χ3n) is 5.14. The molecule has 2 saturated heterocycles. The second-order valence-electron chi connectivity index (χ2n) is 6.59. The molecule has 0 radical (unpaired) electrons. The quantitative estimate of drug-likeness (QED) is 0.738. The van der Waals surface area contributed by atoms with Crippen molar-refractivity contribution in [2.45, 2.75) is 63.1 Å². The highest BCUT2D eigenvalue weighted by molar-refractivity contribution is 9.09. The normalized spacial score (nSPS) is 36.5. The molecule has 0 aromatic rings. The molecule has 104 valence electrons. The number of alkyl halides is 1. The lowest BCUT2D eigenvalue weighted by Gasteiger charge is -2.34. The first-order valence-corrected chi connectivity index (χ1v) is 8.88. The summed E-state index contributed by atoms with van der Waals surface area (Å²) in [5.41, 5.74) is 0.315. The first-order chi connectivity index (χ1) is 8.80. The number of hydrogen-bond donors (Lipinski definition) is 0. The van der Waals surface area contributed by atoms with E-state index in [1.807, 2.05) is 0 Å². The number of hydrogen-bond acceptors (Lipinski definition) is 2. The zero-order valence-electron chi connectivity index (χ0n) is 11.4. The first-order valence-electron chi connectivity index (χ1n) is 7.76. The van der Waals surface area contributed by atoms with Crippen LogP contribution in [0, 0.1) is 5.92 Å². The Morgan fingerprint density at radius 1 is 1.11 bits per heavy atom. The summed E-state index contributed by atoms with van der Waals surface area (Å²) in [5.74, 6) is 0.862. The minimum absolute atomic E-state index is 0.315. The van der Waals surface area contributed by atoms with Gasteiger partial charge in [0.1, 0.15) is 0 Å². The van der Waals surface area contributed by atoms with Gasteiger partial charge in [-0.3, -0.25) is 0 Å². The zero-order valence-corrected chi connectivity index (χ0v) is 13.0. The molecule has 0 bridgehead atoms. The summed E-state index contributed by atoms with van der Waals surface area (Å²) in [7, 11) is 0. The largest absolute Gasteiger partial charge is 0.370 e. The molecule has 2 heterocycles. The fourth-order valence-corrected chi connectivity index (χ4v) is 4.67. The monoisotopic (exact) mass is 315 g/mol. The highest BCUT2D eigenvalue weighted by Gasteiger charge is 2.42. The van der Waals surface area contributed by atoms with Crippen LogP contribution in [0.15, 0.2) is 0 Å². The maximum absolute atomic E-state index is 6.43. The summed E-state index contributed by atoms with van der Waals surface area (Å²) < 4.78 is 6.43.